The number of hydrogen-bond donors (Lipinski definition) is 1. The van der Waals surface area contributed by atoms with Crippen molar-refractivity contribution in [2.75, 3.05) is 0 Å². The van der Waals surface area contributed by atoms with E-state index in [0.717, 1.165) is 5.69 Å². The van der Waals surface area contributed by atoms with Crippen molar-refractivity contribution >= 4 is 6.08 Å². The van der Waals surface area contributed by atoms with Gasteiger partial charge in [0.2, 0.25) is 0 Å². The van der Waals surface area contributed by atoms with Crippen molar-refractivity contribution in [3.8, 4) is 0 Å². The molecule has 0 saturated heterocycles. The van der Waals surface area contributed by atoms with Gasteiger partial charge in [-0.1, -0.05) is 5.57 Å². The van der Waals surface area contributed by atoms with Crippen molar-refractivity contribution < 1.29 is 0 Å². The fourth-order valence-electron chi connectivity index (χ4n) is 0.890. The van der Waals surface area contributed by atoms with Crippen LogP contribution in [0.25, 0.3) is 6.08 Å². The van der Waals surface area contributed by atoms with E-state index >= 15 is 0 Å². The Bertz CT molecular complexity index is 284. The van der Waals surface area contributed by atoms with Crippen molar-refractivity contribution in [1.82, 2.24) is 9.78 Å². The molecule has 0 spiro atoms. The number of nitrogens with zero attached hydrogens (tertiary/aromatic N) is 2. The van der Waals surface area contributed by atoms with Crippen molar-refractivity contribution in [2.45, 2.75) is 19.9 Å². The van der Waals surface area contributed by atoms with E-state index in [0.29, 0.717) is 0 Å². The van der Waals surface area contributed by atoms with Crippen molar-refractivity contribution in [3.05, 3.63) is 23.5 Å². The Kier molecular flexibility index (Phi) is 2.65. The molecule has 2 N–H and O–H groups in total. The third-order valence-corrected chi connectivity index (χ3v) is 1.95. The van der Waals surface area contributed by atoms with Crippen LogP contribution in [0.4, 0.5) is 0 Å². The number of rotatable bonds is 2. The summed E-state index contributed by atoms with van der Waals surface area (Å²) in [5.74, 6) is 0. The lowest BCUT2D eigenvalue weighted by Gasteiger charge is -2.04. The Balaban J connectivity index is 2.87. The molecule has 12 heavy (non-hydrogen) atoms. The van der Waals surface area contributed by atoms with Crippen LogP contribution in [0.15, 0.2) is 17.8 Å². The molecule has 1 atom stereocenters. The highest BCUT2D eigenvalue weighted by molar-refractivity contribution is 5.49. The minimum atomic E-state index is 0.111. The van der Waals surface area contributed by atoms with Gasteiger partial charge in [-0.15, -0.1) is 0 Å². The fourth-order valence-corrected chi connectivity index (χ4v) is 0.890. The largest absolute Gasteiger partial charge is 0.324 e. The number of aryl methyl sites for hydroxylation is 1. The quantitative estimate of drug-likeness (QED) is 0.715. The summed E-state index contributed by atoms with van der Waals surface area (Å²) >= 11 is 0. The van der Waals surface area contributed by atoms with Gasteiger partial charge < -0.3 is 5.73 Å². The van der Waals surface area contributed by atoms with Gasteiger partial charge in [-0.3, -0.25) is 4.68 Å². The second-order valence-electron chi connectivity index (χ2n) is 3.06. The SMILES string of the molecule is C/C(=C\c1ccnn1C)C(C)N. The zero-order valence-corrected chi connectivity index (χ0v) is 7.78. The molecule has 66 valence electrons. The summed E-state index contributed by atoms with van der Waals surface area (Å²) < 4.78 is 1.83. The molecule has 1 aromatic heterocycles. The van der Waals surface area contributed by atoms with Crippen LogP contribution in [0.3, 0.4) is 0 Å². The molecule has 1 aromatic rings. The second kappa shape index (κ2) is 3.54. The summed E-state index contributed by atoms with van der Waals surface area (Å²) in [5, 5.41) is 4.06. The molecule has 3 nitrogen and oxygen atoms in total. The van der Waals surface area contributed by atoms with E-state index in [-0.39, 0.29) is 6.04 Å². The predicted octanol–water partition coefficient (Wildman–Crippen LogP) is 1.17. The Hall–Kier alpha value is -1.09. The summed E-state index contributed by atoms with van der Waals surface area (Å²) in [6.45, 7) is 4.00. The van der Waals surface area contributed by atoms with Gasteiger partial charge in [-0.25, -0.2) is 0 Å². The first-order chi connectivity index (χ1) is 5.61. The monoisotopic (exact) mass is 165 g/mol. The lowest BCUT2D eigenvalue weighted by molar-refractivity contribution is 0.757. The predicted molar refractivity (Wildman–Crippen MR) is 50.5 cm³/mol. The summed E-state index contributed by atoms with van der Waals surface area (Å²) in [6, 6.07) is 2.08. The molecule has 0 radical (unpaired) electrons. The second-order valence-corrected chi connectivity index (χ2v) is 3.06. The Labute approximate surface area is 72.9 Å². The van der Waals surface area contributed by atoms with Crippen LogP contribution in [0.5, 0.6) is 0 Å². The summed E-state index contributed by atoms with van der Waals surface area (Å²) in [4.78, 5) is 0. The van der Waals surface area contributed by atoms with Crippen LogP contribution in [0.2, 0.25) is 0 Å². The molecule has 1 unspecified atom stereocenters. The zero-order valence-electron chi connectivity index (χ0n) is 7.78. The van der Waals surface area contributed by atoms with E-state index in [2.05, 4.69) is 11.2 Å². The maximum Gasteiger partial charge on any atom is 0.0606 e. The van der Waals surface area contributed by atoms with Crippen LogP contribution in [0, 0.1) is 0 Å². The van der Waals surface area contributed by atoms with Gasteiger partial charge in [0, 0.05) is 19.3 Å². The maximum absolute atomic E-state index is 5.70. The van der Waals surface area contributed by atoms with Crippen LogP contribution in [0.1, 0.15) is 19.5 Å². The standard InChI is InChI=1S/C9H15N3/c1-7(8(2)10)6-9-4-5-11-12(9)3/h4-6,8H,10H2,1-3H3/b7-6+. The Morgan fingerprint density at radius 1 is 1.75 bits per heavy atom. The summed E-state index contributed by atoms with van der Waals surface area (Å²) in [7, 11) is 1.92. The molecule has 0 amide bonds. The molecule has 0 aliphatic carbocycles. The normalized spacial score (nSPS) is 14.8. The highest BCUT2D eigenvalue weighted by atomic mass is 15.2. The first-order valence-corrected chi connectivity index (χ1v) is 4.03. The fraction of sp³-hybridized carbons (Fsp3) is 0.444. The first-order valence-electron chi connectivity index (χ1n) is 4.03. The molecule has 0 saturated carbocycles. The molecule has 1 rings (SSSR count). The van der Waals surface area contributed by atoms with Gasteiger partial charge >= 0.3 is 0 Å². The van der Waals surface area contributed by atoms with Crippen LogP contribution >= 0.6 is 0 Å². The van der Waals surface area contributed by atoms with Gasteiger partial charge in [0.05, 0.1) is 5.69 Å². The van der Waals surface area contributed by atoms with E-state index in [1.54, 1.807) is 6.20 Å². The van der Waals surface area contributed by atoms with E-state index < -0.39 is 0 Å². The zero-order chi connectivity index (χ0) is 9.14. The average molecular weight is 165 g/mol. The molecule has 0 bridgehead atoms. The lowest BCUT2D eigenvalue weighted by atomic mass is 10.1. The smallest absolute Gasteiger partial charge is 0.0606 e. The maximum atomic E-state index is 5.70. The topological polar surface area (TPSA) is 43.8 Å². The van der Waals surface area contributed by atoms with Crippen LogP contribution < -0.4 is 5.73 Å². The molecular formula is C9H15N3. The molecular weight excluding hydrogens is 150 g/mol. The third kappa shape index (κ3) is 1.95. The van der Waals surface area contributed by atoms with Crippen LogP contribution in [-0.2, 0) is 7.05 Å². The van der Waals surface area contributed by atoms with E-state index in [1.165, 1.54) is 5.57 Å². The van der Waals surface area contributed by atoms with Gasteiger partial charge in [0.1, 0.15) is 0 Å². The Morgan fingerprint density at radius 3 is 2.83 bits per heavy atom. The molecule has 1 heterocycles. The van der Waals surface area contributed by atoms with Crippen LogP contribution in [-0.4, -0.2) is 15.8 Å². The van der Waals surface area contributed by atoms with E-state index in [1.807, 2.05) is 31.6 Å². The van der Waals surface area contributed by atoms with Gasteiger partial charge in [0.15, 0.2) is 0 Å². The van der Waals surface area contributed by atoms with Gasteiger partial charge in [-0.05, 0) is 26.0 Å². The molecule has 0 aliphatic rings. The molecule has 0 aliphatic heterocycles. The third-order valence-electron chi connectivity index (χ3n) is 1.95. The van der Waals surface area contributed by atoms with Crippen molar-refractivity contribution in [3.63, 3.8) is 0 Å². The molecule has 0 fully saturated rings. The Morgan fingerprint density at radius 2 is 2.42 bits per heavy atom. The average Bonchev–Trinajstić information content (AvgIpc) is 2.36. The minimum Gasteiger partial charge on any atom is -0.324 e. The molecule has 0 aromatic carbocycles. The van der Waals surface area contributed by atoms with E-state index in [9.17, 15) is 0 Å². The minimum absolute atomic E-state index is 0.111. The number of hydrogen-bond acceptors (Lipinski definition) is 2. The first kappa shape index (κ1) is 9.00. The summed E-state index contributed by atoms with van der Waals surface area (Å²) in [6.07, 6.45) is 3.83. The van der Waals surface area contributed by atoms with Crippen molar-refractivity contribution in [1.29, 1.82) is 0 Å². The van der Waals surface area contributed by atoms with E-state index in [4.69, 9.17) is 5.73 Å². The molecule has 3 heteroatoms. The van der Waals surface area contributed by atoms with Gasteiger partial charge in [-0.2, -0.15) is 5.10 Å². The van der Waals surface area contributed by atoms with Crippen molar-refractivity contribution in [2.24, 2.45) is 12.8 Å². The highest BCUT2D eigenvalue weighted by Crippen LogP contribution is 2.06. The summed E-state index contributed by atoms with van der Waals surface area (Å²) in [5.41, 5.74) is 7.96. The lowest BCUT2D eigenvalue weighted by Crippen LogP contribution is -2.15. The number of aromatic nitrogens is 2. The number of nitrogens with two attached hydrogens (primary N) is 1. The highest BCUT2D eigenvalue weighted by Gasteiger charge is 1.98. The van der Waals surface area contributed by atoms with Gasteiger partial charge in [0.25, 0.3) is 0 Å².